The van der Waals surface area contributed by atoms with E-state index >= 15 is 0 Å². The molecule has 1 aromatic carbocycles. The third kappa shape index (κ3) is 3.36. The van der Waals surface area contributed by atoms with Crippen molar-refractivity contribution in [2.75, 3.05) is 13.2 Å². The molecule has 3 heteroatoms. The predicted octanol–water partition coefficient (Wildman–Crippen LogP) is 3.49. The van der Waals surface area contributed by atoms with E-state index in [1.54, 1.807) is 0 Å². The fourth-order valence-corrected chi connectivity index (χ4v) is 2.33. The fraction of sp³-hybridized carbons (Fsp3) is 0.353. The highest BCUT2D eigenvalue weighted by atomic mass is 16.5. The molecule has 1 heterocycles. The highest BCUT2D eigenvalue weighted by molar-refractivity contribution is 5.36. The minimum absolute atomic E-state index is 0.0987. The zero-order valence-electron chi connectivity index (χ0n) is 12.4. The quantitative estimate of drug-likeness (QED) is 0.872. The molecule has 106 valence electrons. The summed E-state index contributed by atoms with van der Waals surface area (Å²) in [6, 6.07) is 12.4. The summed E-state index contributed by atoms with van der Waals surface area (Å²) in [6.45, 7) is 7.77. The van der Waals surface area contributed by atoms with E-state index in [1.165, 1.54) is 11.1 Å². The molecule has 0 aliphatic rings. The van der Waals surface area contributed by atoms with E-state index in [2.05, 4.69) is 42.3 Å². The Bertz CT molecular complexity index is 554. The number of aryl methyl sites for hydroxylation is 1. The minimum Gasteiger partial charge on any atom is -0.494 e. The summed E-state index contributed by atoms with van der Waals surface area (Å²) in [7, 11) is 0. The smallest absolute Gasteiger partial charge is 0.119 e. The Hall–Kier alpha value is -1.87. The van der Waals surface area contributed by atoms with Gasteiger partial charge >= 0.3 is 0 Å². The molecule has 0 saturated carbocycles. The first-order valence-corrected chi connectivity index (χ1v) is 7.14. The molecule has 1 aromatic heterocycles. The normalized spacial score (nSPS) is 12.2. The molecule has 1 atom stereocenters. The molecule has 3 nitrogen and oxygen atoms in total. The van der Waals surface area contributed by atoms with Gasteiger partial charge in [0.25, 0.3) is 0 Å². The molecule has 0 aliphatic heterocycles. The van der Waals surface area contributed by atoms with Crippen LogP contribution in [0.4, 0.5) is 0 Å². The van der Waals surface area contributed by atoms with Crippen molar-refractivity contribution in [2.45, 2.75) is 26.8 Å². The first kappa shape index (κ1) is 14.5. The van der Waals surface area contributed by atoms with Gasteiger partial charge in [-0.15, -0.1) is 0 Å². The maximum atomic E-state index is 5.59. The third-order valence-electron chi connectivity index (χ3n) is 3.23. The number of benzene rings is 1. The molecule has 1 unspecified atom stereocenters. The largest absolute Gasteiger partial charge is 0.494 e. The summed E-state index contributed by atoms with van der Waals surface area (Å²) in [5.74, 6) is 0.904. The van der Waals surface area contributed by atoms with Crippen molar-refractivity contribution in [2.24, 2.45) is 0 Å². The lowest BCUT2D eigenvalue weighted by atomic mass is 9.99. The van der Waals surface area contributed by atoms with Gasteiger partial charge in [0, 0.05) is 6.20 Å². The fourth-order valence-electron chi connectivity index (χ4n) is 2.33. The molecule has 2 rings (SSSR count). The van der Waals surface area contributed by atoms with E-state index in [0.29, 0.717) is 6.61 Å². The average molecular weight is 270 g/mol. The second kappa shape index (κ2) is 7.06. The second-order valence-electron chi connectivity index (χ2n) is 4.70. The highest BCUT2D eigenvalue weighted by Gasteiger charge is 2.16. The van der Waals surface area contributed by atoms with Crippen molar-refractivity contribution in [3.05, 3.63) is 59.4 Å². The van der Waals surface area contributed by atoms with Crippen molar-refractivity contribution in [1.29, 1.82) is 0 Å². The predicted molar refractivity (Wildman–Crippen MR) is 82.1 cm³/mol. The number of pyridine rings is 1. The summed E-state index contributed by atoms with van der Waals surface area (Å²) in [5.41, 5.74) is 3.45. The lowest BCUT2D eigenvalue weighted by Crippen LogP contribution is -2.23. The van der Waals surface area contributed by atoms with E-state index in [4.69, 9.17) is 4.74 Å². The number of rotatable bonds is 6. The molecule has 0 fully saturated rings. The lowest BCUT2D eigenvalue weighted by Gasteiger charge is -2.20. The van der Waals surface area contributed by atoms with Gasteiger partial charge < -0.3 is 10.1 Å². The van der Waals surface area contributed by atoms with E-state index in [9.17, 15) is 0 Å². The van der Waals surface area contributed by atoms with Gasteiger partial charge in [0.15, 0.2) is 0 Å². The monoisotopic (exact) mass is 270 g/mol. The molecule has 2 aromatic rings. The Morgan fingerprint density at radius 1 is 1.20 bits per heavy atom. The number of ether oxygens (including phenoxy) is 1. The van der Waals surface area contributed by atoms with Gasteiger partial charge in [-0.25, -0.2) is 0 Å². The Morgan fingerprint density at radius 3 is 2.75 bits per heavy atom. The number of nitrogens with one attached hydrogen (secondary N) is 1. The first-order valence-electron chi connectivity index (χ1n) is 7.14. The summed E-state index contributed by atoms with van der Waals surface area (Å²) >= 11 is 0. The van der Waals surface area contributed by atoms with Gasteiger partial charge in [-0.1, -0.05) is 25.1 Å². The molecular weight excluding hydrogens is 248 g/mol. The standard InChI is InChI=1S/C17H22N2O/c1-4-18-17(16-13(3)8-7-11-19-16)14-9-6-10-15(12-14)20-5-2/h6-12,17-18H,4-5H2,1-3H3. The van der Waals surface area contributed by atoms with Crippen LogP contribution in [0, 0.1) is 6.92 Å². The first-order chi connectivity index (χ1) is 9.76. The molecule has 0 saturated heterocycles. The van der Waals surface area contributed by atoms with Crippen LogP contribution in [0.2, 0.25) is 0 Å². The molecule has 1 N–H and O–H groups in total. The van der Waals surface area contributed by atoms with Crippen LogP contribution in [0.15, 0.2) is 42.6 Å². The average Bonchev–Trinajstić information content (AvgIpc) is 2.46. The number of nitrogens with zero attached hydrogens (tertiary/aromatic N) is 1. The number of hydrogen-bond donors (Lipinski definition) is 1. The lowest BCUT2D eigenvalue weighted by molar-refractivity contribution is 0.339. The zero-order chi connectivity index (χ0) is 14.4. The van der Waals surface area contributed by atoms with E-state index in [0.717, 1.165) is 18.0 Å². The van der Waals surface area contributed by atoms with Gasteiger partial charge in [-0.2, -0.15) is 0 Å². The van der Waals surface area contributed by atoms with Crippen LogP contribution >= 0.6 is 0 Å². The molecular formula is C17H22N2O. The summed E-state index contributed by atoms with van der Waals surface area (Å²) in [5, 5.41) is 3.51. The van der Waals surface area contributed by atoms with Gasteiger partial charge in [0.05, 0.1) is 18.3 Å². The third-order valence-corrected chi connectivity index (χ3v) is 3.23. The maximum Gasteiger partial charge on any atom is 0.119 e. The van der Waals surface area contributed by atoms with Crippen molar-refractivity contribution in [3.8, 4) is 5.75 Å². The number of aromatic nitrogens is 1. The van der Waals surface area contributed by atoms with Gasteiger partial charge in [0.2, 0.25) is 0 Å². The molecule has 0 bridgehead atoms. The van der Waals surface area contributed by atoms with Crippen molar-refractivity contribution in [1.82, 2.24) is 10.3 Å². The second-order valence-corrected chi connectivity index (χ2v) is 4.70. The van der Waals surface area contributed by atoms with Crippen molar-refractivity contribution >= 4 is 0 Å². The minimum atomic E-state index is 0.0987. The van der Waals surface area contributed by atoms with Crippen LogP contribution in [-0.2, 0) is 0 Å². The van der Waals surface area contributed by atoms with Gasteiger partial charge in [0.1, 0.15) is 5.75 Å². The zero-order valence-corrected chi connectivity index (χ0v) is 12.4. The van der Waals surface area contributed by atoms with E-state index in [1.807, 2.05) is 31.3 Å². The topological polar surface area (TPSA) is 34.1 Å². The van der Waals surface area contributed by atoms with Crippen LogP contribution in [-0.4, -0.2) is 18.1 Å². The molecule has 0 radical (unpaired) electrons. The molecule has 0 aliphatic carbocycles. The van der Waals surface area contributed by atoms with Gasteiger partial charge in [-0.3, -0.25) is 4.98 Å². The Kier molecular flexibility index (Phi) is 5.13. The summed E-state index contributed by atoms with van der Waals surface area (Å²) in [6.07, 6.45) is 1.85. The molecule has 0 spiro atoms. The van der Waals surface area contributed by atoms with Crippen LogP contribution in [0.5, 0.6) is 5.75 Å². The van der Waals surface area contributed by atoms with Crippen LogP contribution in [0.3, 0.4) is 0 Å². The van der Waals surface area contributed by atoms with E-state index in [-0.39, 0.29) is 6.04 Å². The van der Waals surface area contributed by atoms with Crippen LogP contribution in [0.1, 0.15) is 36.7 Å². The van der Waals surface area contributed by atoms with Crippen molar-refractivity contribution in [3.63, 3.8) is 0 Å². The maximum absolute atomic E-state index is 5.59. The summed E-state index contributed by atoms with van der Waals surface area (Å²) < 4.78 is 5.59. The van der Waals surface area contributed by atoms with Gasteiger partial charge in [-0.05, 0) is 49.7 Å². The van der Waals surface area contributed by atoms with Crippen molar-refractivity contribution < 1.29 is 4.74 Å². The Morgan fingerprint density at radius 2 is 2.05 bits per heavy atom. The molecule has 20 heavy (non-hydrogen) atoms. The Balaban J connectivity index is 2.38. The molecule has 0 amide bonds. The van der Waals surface area contributed by atoms with E-state index < -0.39 is 0 Å². The number of hydrogen-bond acceptors (Lipinski definition) is 3. The SMILES string of the molecule is CCNC(c1cccc(OCC)c1)c1ncccc1C. The summed E-state index contributed by atoms with van der Waals surface area (Å²) in [4.78, 5) is 4.55. The highest BCUT2D eigenvalue weighted by Crippen LogP contribution is 2.25. The Labute approximate surface area is 121 Å². The van der Waals surface area contributed by atoms with Crippen LogP contribution < -0.4 is 10.1 Å². The van der Waals surface area contributed by atoms with Crippen LogP contribution in [0.25, 0.3) is 0 Å².